The smallest absolute Gasteiger partial charge is 0.383 e. The second-order valence-corrected chi connectivity index (χ2v) is 6.42. The van der Waals surface area contributed by atoms with Crippen LogP contribution in [0, 0.1) is 0 Å². The van der Waals surface area contributed by atoms with Crippen LogP contribution in [0.1, 0.15) is 6.23 Å². The molecule has 1 saturated heterocycles. The molecule has 0 spiro atoms. The molecule has 0 aliphatic carbocycles. The number of hydrogen-bond donors (Lipinski definition) is 4. The molecule has 0 radical (unpaired) electrons. The average Bonchev–Trinajstić information content (AvgIpc) is 2.72. The third kappa shape index (κ3) is 3.87. The van der Waals surface area contributed by atoms with Crippen molar-refractivity contribution in [1.29, 1.82) is 0 Å². The van der Waals surface area contributed by atoms with Gasteiger partial charge in [-0.05, 0) is 6.07 Å². The first-order valence-corrected chi connectivity index (χ1v) is 8.18. The van der Waals surface area contributed by atoms with Gasteiger partial charge in [0, 0.05) is 13.3 Å². The number of nitrogen functional groups attached to an aromatic ring is 1. The topological polar surface area (TPSA) is 146 Å². The van der Waals surface area contributed by atoms with Gasteiger partial charge < -0.3 is 25.0 Å². The number of phosphoric acid groups is 1. The molecule has 12 heteroatoms. The van der Waals surface area contributed by atoms with Gasteiger partial charge >= 0.3 is 13.5 Å². The van der Waals surface area contributed by atoms with Gasteiger partial charge in [-0.25, -0.2) is 9.36 Å². The Hall–Kier alpha value is -0.940. The van der Waals surface area contributed by atoms with E-state index in [1.54, 1.807) is 0 Å². The molecule has 2 rings (SSSR count). The normalized spacial score (nSPS) is 28.9. The minimum absolute atomic E-state index is 0.0667. The lowest BCUT2D eigenvalue weighted by atomic mass is 10.2. The van der Waals surface area contributed by atoms with Gasteiger partial charge in [-0.2, -0.15) is 17.6 Å². The largest absolute Gasteiger partial charge is 0.469 e. The third-order valence-electron chi connectivity index (χ3n) is 3.12. The molecule has 0 bridgehead atoms. The van der Waals surface area contributed by atoms with E-state index in [4.69, 9.17) is 25.0 Å². The maximum absolute atomic E-state index is 11.9. The van der Waals surface area contributed by atoms with E-state index >= 15 is 0 Å². The quantitative estimate of drug-likeness (QED) is 0.392. The Kier molecular flexibility index (Phi) is 5.28. The van der Waals surface area contributed by atoms with Crippen molar-refractivity contribution in [2.45, 2.75) is 23.7 Å². The summed E-state index contributed by atoms with van der Waals surface area (Å²) in [5.41, 5.74) is 4.79. The SMILES string of the molecule is CO[C@H]1[C@@H](S)[C@@H](COP(=O)(O)O)O[C@H]1n1ccc(N)nc1=O. The van der Waals surface area contributed by atoms with Crippen LogP contribution in [-0.4, -0.2) is 50.5 Å². The zero-order chi connectivity index (χ0) is 16.5. The van der Waals surface area contributed by atoms with E-state index in [1.165, 1.54) is 23.9 Å². The first-order valence-electron chi connectivity index (χ1n) is 6.14. The zero-order valence-corrected chi connectivity index (χ0v) is 13.3. The third-order valence-corrected chi connectivity index (χ3v) is 4.23. The number of methoxy groups -OCH3 is 1. The number of nitrogens with zero attached hydrogens (tertiary/aromatic N) is 2. The summed E-state index contributed by atoms with van der Waals surface area (Å²) in [6.45, 7) is -0.397. The van der Waals surface area contributed by atoms with Crippen LogP contribution < -0.4 is 11.4 Å². The molecule has 1 aliphatic heterocycles. The second-order valence-electron chi connectivity index (χ2n) is 4.58. The van der Waals surface area contributed by atoms with Crippen LogP contribution in [0.5, 0.6) is 0 Å². The van der Waals surface area contributed by atoms with Gasteiger partial charge in [-0.3, -0.25) is 9.09 Å². The summed E-state index contributed by atoms with van der Waals surface area (Å²) < 4.78 is 27.2. The van der Waals surface area contributed by atoms with E-state index in [0.29, 0.717) is 0 Å². The van der Waals surface area contributed by atoms with Crippen LogP contribution in [-0.2, 0) is 18.6 Å². The summed E-state index contributed by atoms with van der Waals surface area (Å²) in [4.78, 5) is 33.0. The second kappa shape index (κ2) is 6.67. The van der Waals surface area contributed by atoms with Crippen molar-refractivity contribution in [2.24, 2.45) is 0 Å². The molecular weight excluding hydrogens is 337 g/mol. The average molecular weight is 353 g/mol. The molecule has 1 aromatic rings. The van der Waals surface area contributed by atoms with Crippen molar-refractivity contribution in [1.82, 2.24) is 9.55 Å². The Morgan fingerprint density at radius 1 is 1.59 bits per heavy atom. The van der Waals surface area contributed by atoms with Crippen molar-refractivity contribution in [3.05, 3.63) is 22.7 Å². The van der Waals surface area contributed by atoms with E-state index in [0.717, 1.165) is 0 Å². The van der Waals surface area contributed by atoms with E-state index in [-0.39, 0.29) is 5.82 Å². The molecule has 1 aliphatic rings. The first-order chi connectivity index (χ1) is 10.2. The lowest BCUT2D eigenvalue weighted by Gasteiger charge is -2.20. The number of aromatic nitrogens is 2. The number of ether oxygens (including phenoxy) is 2. The summed E-state index contributed by atoms with van der Waals surface area (Å²) >= 11 is 4.31. The summed E-state index contributed by atoms with van der Waals surface area (Å²) in [5, 5.41) is -0.564. The van der Waals surface area contributed by atoms with Crippen LogP contribution in [0.15, 0.2) is 17.1 Å². The molecule has 1 fully saturated rings. The summed E-state index contributed by atoms with van der Waals surface area (Å²) in [7, 11) is -3.22. The van der Waals surface area contributed by atoms with Gasteiger partial charge in [0.1, 0.15) is 11.9 Å². The Morgan fingerprint density at radius 3 is 2.82 bits per heavy atom. The van der Waals surface area contributed by atoms with Crippen LogP contribution in [0.25, 0.3) is 0 Å². The fourth-order valence-electron chi connectivity index (χ4n) is 2.12. The van der Waals surface area contributed by atoms with Gasteiger partial charge in [-0.1, -0.05) is 0 Å². The van der Waals surface area contributed by atoms with Crippen molar-refractivity contribution < 1.29 is 28.3 Å². The zero-order valence-electron chi connectivity index (χ0n) is 11.5. The maximum atomic E-state index is 11.9. The highest BCUT2D eigenvalue weighted by Gasteiger charge is 2.45. The summed E-state index contributed by atoms with van der Waals surface area (Å²) in [6, 6.07) is 1.42. The lowest BCUT2D eigenvalue weighted by molar-refractivity contribution is -0.0619. The number of anilines is 1. The fraction of sp³-hybridized carbons (Fsp3) is 0.600. The molecule has 0 saturated carbocycles. The van der Waals surface area contributed by atoms with Crippen LogP contribution in [0.3, 0.4) is 0 Å². The van der Waals surface area contributed by atoms with E-state index < -0.39 is 43.8 Å². The molecule has 0 amide bonds. The monoisotopic (exact) mass is 353 g/mol. The minimum Gasteiger partial charge on any atom is -0.383 e. The number of hydrogen-bond acceptors (Lipinski definition) is 8. The molecule has 124 valence electrons. The Labute approximate surface area is 130 Å². The standard InChI is InChI=1S/C10H16N3O7PS/c1-18-7-8(22)5(4-19-21(15,16)17)20-9(7)13-3-2-6(11)12-10(13)14/h2-3,5,7-9,22H,4H2,1H3,(H2,11,12,14)(H2,15,16,17)/t5-,7+,8+,9-/m1/s1. The number of thiol groups is 1. The Bertz CT molecular complexity index is 635. The highest BCUT2D eigenvalue weighted by molar-refractivity contribution is 7.81. The molecule has 22 heavy (non-hydrogen) atoms. The molecule has 0 aromatic carbocycles. The molecule has 10 nitrogen and oxygen atoms in total. The maximum Gasteiger partial charge on any atom is 0.469 e. The van der Waals surface area contributed by atoms with Crippen molar-refractivity contribution in [3.63, 3.8) is 0 Å². The highest BCUT2D eigenvalue weighted by atomic mass is 32.1. The predicted molar refractivity (Wildman–Crippen MR) is 78.4 cm³/mol. The fourth-order valence-corrected chi connectivity index (χ4v) is 2.89. The molecule has 0 unspecified atom stereocenters. The van der Waals surface area contributed by atoms with Gasteiger partial charge in [-0.15, -0.1) is 0 Å². The van der Waals surface area contributed by atoms with Gasteiger partial charge in [0.15, 0.2) is 6.23 Å². The van der Waals surface area contributed by atoms with Gasteiger partial charge in [0.25, 0.3) is 0 Å². The first kappa shape index (κ1) is 17.4. The van der Waals surface area contributed by atoms with Gasteiger partial charge in [0.05, 0.1) is 18.0 Å². The number of phosphoric ester groups is 1. The summed E-state index contributed by atoms with van der Waals surface area (Å²) in [5.74, 6) is 0.0667. The number of rotatable bonds is 5. The summed E-state index contributed by atoms with van der Waals surface area (Å²) in [6.07, 6.45) is -0.890. The van der Waals surface area contributed by atoms with Crippen LogP contribution in [0.2, 0.25) is 0 Å². The van der Waals surface area contributed by atoms with Crippen LogP contribution >= 0.6 is 20.5 Å². The Morgan fingerprint density at radius 2 is 2.27 bits per heavy atom. The van der Waals surface area contributed by atoms with E-state index in [1.807, 2.05) is 0 Å². The van der Waals surface area contributed by atoms with Gasteiger partial charge in [0.2, 0.25) is 0 Å². The van der Waals surface area contributed by atoms with Crippen molar-refractivity contribution in [2.75, 3.05) is 19.5 Å². The van der Waals surface area contributed by atoms with Crippen molar-refractivity contribution >= 4 is 26.3 Å². The highest BCUT2D eigenvalue weighted by Crippen LogP contribution is 2.39. The minimum atomic E-state index is -4.63. The molecular formula is C10H16N3O7PS. The Balaban J connectivity index is 2.21. The van der Waals surface area contributed by atoms with Crippen molar-refractivity contribution in [3.8, 4) is 0 Å². The predicted octanol–water partition coefficient (Wildman–Crippen LogP) is -0.854. The van der Waals surface area contributed by atoms with E-state index in [2.05, 4.69) is 22.1 Å². The van der Waals surface area contributed by atoms with Crippen LogP contribution in [0.4, 0.5) is 5.82 Å². The number of nitrogens with two attached hydrogens (primary N) is 1. The van der Waals surface area contributed by atoms with E-state index in [9.17, 15) is 9.36 Å². The molecule has 1 aromatic heterocycles. The molecule has 4 N–H and O–H groups in total. The molecule has 4 atom stereocenters. The molecule has 2 heterocycles. The lowest BCUT2D eigenvalue weighted by Crippen LogP contribution is -2.35.